The van der Waals surface area contributed by atoms with Crippen molar-refractivity contribution in [3.63, 3.8) is 0 Å². The maximum absolute atomic E-state index is 9.96. The number of aromatic hydroxyl groups is 1. The van der Waals surface area contributed by atoms with Crippen LogP contribution in [0.5, 0.6) is 5.75 Å². The number of likely N-dealkylation sites (N-methyl/N-ethyl adjacent to an activating group) is 1. The number of phenolic OH excluding ortho intramolecular Hbond substituents is 1. The largest absolute Gasteiger partial charge is 0.508 e. The number of hydrogen-bond donors (Lipinski definition) is 3. The van der Waals surface area contributed by atoms with Crippen LogP contribution in [0.4, 0.5) is 0 Å². The number of H-pyrrole nitrogens is 2. The second-order valence-electron chi connectivity index (χ2n) is 11.3. The number of rotatable bonds is 3. The lowest BCUT2D eigenvalue weighted by Crippen LogP contribution is -2.50. The Morgan fingerprint density at radius 2 is 1.86 bits per heavy atom. The Kier molecular flexibility index (Phi) is 5.00. The van der Waals surface area contributed by atoms with Crippen molar-refractivity contribution in [2.45, 2.75) is 57.7 Å². The molecule has 5 heteroatoms. The number of nitrogens with one attached hydrogen (secondary N) is 2. The topological polar surface area (TPSA) is 58.3 Å². The Labute approximate surface area is 207 Å². The summed E-state index contributed by atoms with van der Waals surface area (Å²) in [6.07, 6.45) is 6.00. The lowest BCUT2D eigenvalue weighted by atomic mass is 9.74. The molecular formula is C30H36N4O. The molecule has 4 unspecified atom stereocenters. The molecule has 3 aliphatic rings. The zero-order valence-corrected chi connectivity index (χ0v) is 20.8. The highest BCUT2D eigenvalue weighted by molar-refractivity contribution is 5.86. The highest BCUT2D eigenvalue weighted by Gasteiger charge is 2.40. The first-order valence-corrected chi connectivity index (χ1v) is 13.4. The molecule has 3 N–H and O–H groups in total. The van der Waals surface area contributed by atoms with E-state index in [2.05, 4.69) is 64.1 Å². The summed E-state index contributed by atoms with van der Waals surface area (Å²) in [6, 6.07) is 15.7. The van der Waals surface area contributed by atoms with Crippen LogP contribution < -0.4 is 0 Å². The molecule has 2 aromatic heterocycles. The Morgan fingerprint density at radius 1 is 1.00 bits per heavy atom. The fourth-order valence-electron chi connectivity index (χ4n) is 7.56. The highest BCUT2D eigenvalue weighted by Crippen LogP contribution is 2.44. The predicted molar refractivity (Wildman–Crippen MR) is 142 cm³/mol. The van der Waals surface area contributed by atoms with Crippen LogP contribution in [-0.2, 0) is 19.4 Å². The fraction of sp³-hybridized carbons (Fsp3) is 0.467. The summed E-state index contributed by atoms with van der Waals surface area (Å²) in [5.74, 6) is 1.82. The minimum absolute atomic E-state index is 0.341. The van der Waals surface area contributed by atoms with E-state index >= 15 is 0 Å². The van der Waals surface area contributed by atoms with Gasteiger partial charge < -0.3 is 15.1 Å². The number of phenols is 1. The van der Waals surface area contributed by atoms with Gasteiger partial charge >= 0.3 is 0 Å². The van der Waals surface area contributed by atoms with Crippen LogP contribution >= 0.6 is 0 Å². The number of hydrogen-bond acceptors (Lipinski definition) is 3. The van der Waals surface area contributed by atoms with Gasteiger partial charge in [0.25, 0.3) is 0 Å². The second kappa shape index (κ2) is 8.14. The van der Waals surface area contributed by atoms with E-state index in [1.54, 1.807) is 5.56 Å². The van der Waals surface area contributed by atoms with Crippen molar-refractivity contribution in [1.82, 2.24) is 19.8 Å². The summed E-state index contributed by atoms with van der Waals surface area (Å²) in [5, 5.41) is 12.7. The quantitative estimate of drug-likeness (QED) is 0.359. The first kappa shape index (κ1) is 21.5. The maximum Gasteiger partial charge on any atom is 0.117 e. The van der Waals surface area contributed by atoms with Crippen LogP contribution in [0.2, 0.25) is 0 Å². The molecule has 0 aliphatic carbocycles. The van der Waals surface area contributed by atoms with E-state index in [0.29, 0.717) is 17.8 Å². The van der Waals surface area contributed by atoms with Gasteiger partial charge in [-0.2, -0.15) is 0 Å². The van der Waals surface area contributed by atoms with E-state index < -0.39 is 0 Å². The third kappa shape index (κ3) is 3.43. The molecule has 5 heterocycles. The molecule has 5 nitrogen and oxygen atoms in total. The SMILES string of the molecule is CCC1CN2Cc3c([nH]c4cc(O)ccc34)CC2CC1CC1c2[nH]c3ccccc3c2CCN1C. The average molecular weight is 469 g/mol. The molecule has 182 valence electrons. The standard InChI is InChI=1S/C30H36N4O/c1-3-18-16-34-17-25-23-9-8-21(35)15-28(23)31-27(25)14-20(34)12-19(18)13-29-30-24(10-11-33(29)2)22-6-4-5-7-26(22)32-30/h4-9,15,18-20,29,31-32,35H,3,10-14,16-17H2,1-2H3. The summed E-state index contributed by atoms with van der Waals surface area (Å²) in [7, 11) is 2.32. The number of nitrogens with zero attached hydrogens (tertiary/aromatic N) is 2. The first-order valence-electron chi connectivity index (χ1n) is 13.4. The van der Waals surface area contributed by atoms with Gasteiger partial charge in [0, 0.05) is 71.4 Å². The third-order valence-electron chi connectivity index (χ3n) is 9.48. The maximum atomic E-state index is 9.96. The number of para-hydroxylation sites is 1. The van der Waals surface area contributed by atoms with Crippen molar-refractivity contribution in [3.8, 4) is 5.75 Å². The van der Waals surface area contributed by atoms with Crippen LogP contribution in [0.25, 0.3) is 21.8 Å². The summed E-state index contributed by atoms with van der Waals surface area (Å²) in [6.45, 7) is 5.76. The van der Waals surface area contributed by atoms with Crippen LogP contribution in [0.3, 0.4) is 0 Å². The number of benzene rings is 2. The molecular weight excluding hydrogens is 432 g/mol. The molecule has 4 aromatic rings. The second-order valence-corrected chi connectivity index (χ2v) is 11.3. The zero-order valence-electron chi connectivity index (χ0n) is 20.8. The number of fused-ring (bicyclic) bond motifs is 7. The Bertz CT molecular complexity index is 1400. The van der Waals surface area contributed by atoms with Crippen molar-refractivity contribution in [3.05, 3.63) is 65.0 Å². The molecule has 1 fully saturated rings. The van der Waals surface area contributed by atoms with Crippen molar-refractivity contribution in [1.29, 1.82) is 0 Å². The van der Waals surface area contributed by atoms with E-state index in [1.165, 1.54) is 59.0 Å². The van der Waals surface area contributed by atoms with Gasteiger partial charge in [0.15, 0.2) is 0 Å². The van der Waals surface area contributed by atoms with Crippen molar-refractivity contribution >= 4 is 21.8 Å². The summed E-state index contributed by atoms with van der Waals surface area (Å²) in [5.41, 5.74) is 8.22. The Balaban J connectivity index is 1.17. The van der Waals surface area contributed by atoms with Crippen LogP contribution in [0, 0.1) is 11.8 Å². The molecule has 2 aromatic carbocycles. The van der Waals surface area contributed by atoms with E-state index in [1.807, 2.05) is 12.1 Å². The van der Waals surface area contributed by atoms with Crippen LogP contribution in [-0.4, -0.2) is 51.1 Å². The van der Waals surface area contributed by atoms with Crippen molar-refractivity contribution < 1.29 is 5.11 Å². The Hall–Kier alpha value is -2.76. The first-order chi connectivity index (χ1) is 17.1. The van der Waals surface area contributed by atoms with Gasteiger partial charge in [-0.15, -0.1) is 0 Å². The summed E-state index contributed by atoms with van der Waals surface area (Å²) < 4.78 is 0. The number of piperidine rings is 1. The lowest BCUT2D eigenvalue weighted by molar-refractivity contribution is 0.0285. The highest BCUT2D eigenvalue weighted by atomic mass is 16.3. The molecule has 0 spiro atoms. The van der Waals surface area contributed by atoms with Gasteiger partial charge in [-0.3, -0.25) is 9.80 Å². The predicted octanol–water partition coefficient (Wildman–Crippen LogP) is 5.75. The monoisotopic (exact) mass is 468 g/mol. The molecule has 0 saturated carbocycles. The average Bonchev–Trinajstić information content (AvgIpc) is 3.41. The molecule has 7 rings (SSSR count). The fourth-order valence-corrected chi connectivity index (χ4v) is 7.56. The Morgan fingerprint density at radius 3 is 2.74 bits per heavy atom. The zero-order chi connectivity index (χ0) is 23.7. The van der Waals surface area contributed by atoms with Crippen molar-refractivity contribution in [2.24, 2.45) is 11.8 Å². The van der Waals surface area contributed by atoms with Gasteiger partial charge in [-0.25, -0.2) is 0 Å². The molecule has 4 atom stereocenters. The minimum atomic E-state index is 0.341. The summed E-state index contributed by atoms with van der Waals surface area (Å²) in [4.78, 5) is 12.8. The van der Waals surface area contributed by atoms with E-state index in [4.69, 9.17) is 0 Å². The number of aromatic amines is 2. The van der Waals surface area contributed by atoms with Gasteiger partial charge in [-0.1, -0.05) is 31.5 Å². The number of aromatic nitrogens is 2. The third-order valence-corrected chi connectivity index (χ3v) is 9.48. The van der Waals surface area contributed by atoms with Gasteiger partial charge in [0.1, 0.15) is 5.75 Å². The summed E-state index contributed by atoms with van der Waals surface area (Å²) >= 11 is 0. The molecule has 1 saturated heterocycles. The molecule has 0 bridgehead atoms. The van der Waals surface area contributed by atoms with E-state index in [-0.39, 0.29) is 0 Å². The van der Waals surface area contributed by atoms with Crippen LogP contribution in [0.15, 0.2) is 42.5 Å². The molecule has 0 amide bonds. The molecule has 0 radical (unpaired) electrons. The van der Waals surface area contributed by atoms with Gasteiger partial charge in [0.2, 0.25) is 0 Å². The smallest absolute Gasteiger partial charge is 0.117 e. The van der Waals surface area contributed by atoms with E-state index in [0.717, 1.165) is 43.3 Å². The molecule has 3 aliphatic heterocycles. The van der Waals surface area contributed by atoms with Crippen molar-refractivity contribution in [2.75, 3.05) is 20.1 Å². The molecule has 35 heavy (non-hydrogen) atoms. The lowest BCUT2D eigenvalue weighted by Gasteiger charge is -2.48. The normalized spacial score (nSPS) is 27.1. The minimum Gasteiger partial charge on any atom is -0.508 e. The van der Waals surface area contributed by atoms with Gasteiger partial charge in [-0.05, 0) is 67.5 Å². The van der Waals surface area contributed by atoms with E-state index in [9.17, 15) is 5.11 Å². The van der Waals surface area contributed by atoms with Gasteiger partial charge in [0.05, 0.1) is 6.04 Å². The van der Waals surface area contributed by atoms with Crippen LogP contribution in [0.1, 0.15) is 54.7 Å².